The van der Waals surface area contributed by atoms with E-state index in [1.807, 2.05) is 6.92 Å². The van der Waals surface area contributed by atoms with E-state index >= 15 is 0 Å². The molecule has 0 amide bonds. The second kappa shape index (κ2) is 5.59. The maximum atomic E-state index is 13.5. The molecule has 0 spiro atoms. The molecule has 0 saturated heterocycles. The summed E-state index contributed by atoms with van der Waals surface area (Å²) in [6.07, 6.45) is 0. The standard InChI is InChI=1S/C14H12Cl2FN/c1-9-2-3-13(17)14(4-9)18-8-10-5-11(15)7-12(16)6-10/h2-7,18H,8H2,1H3. The third-order valence-electron chi connectivity index (χ3n) is 2.53. The minimum absolute atomic E-state index is 0.270. The zero-order valence-electron chi connectivity index (χ0n) is 9.81. The molecule has 4 heteroatoms. The first-order chi connectivity index (χ1) is 8.54. The molecule has 0 aromatic heterocycles. The van der Waals surface area contributed by atoms with Crippen molar-refractivity contribution in [2.24, 2.45) is 0 Å². The van der Waals surface area contributed by atoms with Crippen LogP contribution in [0, 0.1) is 12.7 Å². The van der Waals surface area contributed by atoms with Gasteiger partial charge in [0.2, 0.25) is 0 Å². The van der Waals surface area contributed by atoms with Gasteiger partial charge in [0, 0.05) is 16.6 Å². The van der Waals surface area contributed by atoms with E-state index in [0.29, 0.717) is 22.3 Å². The van der Waals surface area contributed by atoms with Crippen LogP contribution in [0.25, 0.3) is 0 Å². The third-order valence-corrected chi connectivity index (χ3v) is 2.96. The summed E-state index contributed by atoms with van der Waals surface area (Å²) in [6.45, 7) is 2.39. The van der Waals surface area contributed by atoms with Crippen LogP contribution < -0.4 is 5.32 Å². The SMILES string of the molecule is Cc1ccc(F)c(NCc2cc(Cl)cc(Cl)c2)c1. The molecule has 0 heterocycles. The van der Waals surface area contributed by atoms with E-state index in [9.17, 15) is 4.39 Å². The van der Waals surface area contributed by atoms with E-state index in [0.717, 1.165) is 11.1 Å². The molecule has 0 bridgehead atoms. The van der Waals surface area contributed by atoms with Crippen LogP contribution in [0.1, 0.15) is 11.1 Å². The Balaban J connectivity index is 2.13. The van der Waals surface area contributed by atoms with Gasteiger partial charge in [-0.1, -0.05) is 29.3 Å². The van der Waals surface area contributed by atoms with Gasteiger partial charge in [-0.15, -0.1) is 0 Å². The molecular weight excluding hydrogens is 272 g/mol. The van der Waals surface area contributed by atoms with E-state index in [2.05, 4.69) is 5.32 Å². The normalized spacial score (nSPS) is 10.4. The number of rotatable bonds is 3. The summed E-state index contributed by atoms with van der Waals surface area (Å²) in [5, 5.41) is 4.18. The lowest BCUT2D eigenvalue weighted by atomic mass is 10.2. The van der Waals surface area contributed by atoms with Crippen molar-refractivity contribution in [1.82, 2.24) is 0 Å². The van der Waals surface area contributed by atoms with Crippen molar-refractivity contribution in [3.05, 3.63) is 63.4 Å². The molecule has 2 aromatic rings. The van der Waals surface area contributed by atoms with Gasteiger partial charge in [0.15, 0.2) is 0 Å². The lowest BCUT2D eigenvalue weighted by Crippen LogP contribution is -2.01. The summed E-state index contributed by atoms with van der Waals surface area (Å²) in [4.78, 5) is 0. The summed E-state index contributed by atoms with van der Waals surface area (Å²) < 4.78 is 13.5. The van der Waals surface area contributed by atoms with Gasteiger partial charge in [-0.05, 0) is 48.4 Å². The maximum Gasteiger partial charge on any atom is 0.146 e. The highest BCUT2D eigenvalue weighted by atomic mass is 35.5. The fourth-order valence-corrected chi connectivity index (χ4v) is 2.26. The molecule has 0 radical (unpaired) electrons. The Labute approximate surface area is 116 Å². The summed E-state index contributed by atoms with van der Waals surface area (Å²) in [6, 6.07) is 10.2. The van der Waals surface area contributed by atoms with Crippen LogP contribution in [0.3, 0.4) is 0 Å². The van der Waals surface area contributed by atoms with Gasteiger partial charge in [-0.25, -0.2) is 4.39 Å². The molecule has 0 aliphatic heterocycles. The lowest BCUT2D eigenvalue weighted by molar-refractivity contribution is 0.629. The van der Waals surface area contributed by atoms with Crippen molar-refractivity contribution in [3.63, 3.8) is 0 Å². The molecule has 0 atom stereocenters. The first-order valence-electron chi connectivity index (χ1n) is 5.49. The van der Waals surface area contributed by atoms with Crippen LogP contribution in [0.2, 0.25) is 10.0 Å². The number of hydrogen-bond donors (Lipinski definition) is 1. The monoisotopic (exact) mass is 283 g/mol. The van der Waals surface area contributed by atoms with Crippen LogP contribution in [0.15, 0.2) is 36.4 Å². The Bertz CT molecular complexity index is 549. The largest absolute Gasteiger partial charge is 0.379 e. The van der Waals surface area contributed by atoms with E-state index in [1.165, 1.54) is 6.07 Å². The molecule has 0 aliphatic rings. The molecule has 18 heavy (non-hydrogen) atoms. The fourth-order valence-electron chi connectivity index (χ4n) is 1.68. The predicted molar refractivity (Wildman–Crippen MR) is 74.9 cm³/mol. The molecular formula is C14H12Cl2FN. The van der Waals surface area contributed by atoms with Crippen molar-refractivity contribution < 1.29 is 4.39 Å². The molecule has 0 unspecified atom stereocenters. The summed E-state index contributed by atoms with van der Waals surface area (Å²) in [7, 11) is 0. The van der Waals surface area contributed by atoms with Crippen LogP contribution in [-0.2, 0) is 6.54 Å². The number of halogens is 3. The van der Waals surface area contributed by atoms with Gasteiger partial charge < -0.3 is 5.32 Å². The van der Waals surface area contributed by atoms with Gasteiger partial charge in [0.05, 0.1) is 5.69 Å². The molecule has 2 aromatic carbocycles. The summed E-state index contributed by atoms with van der Waals surface area (Å²) >= 11 is 11.8. The Kier molecular flexibility index (Phi) is 4.10. The van der Waals surface area contributed by atoms with Crippen molar-refractivity contribution >= 4 is 28.9 Å². The van der Waals surface area contributed by atoms with Gasteiger partial charge >= 0.3 is 0 Å². The van der Waals surface area contributed by atoms with Gasteiger partial charge in [-0.2, -0.15) is 0 Å². The van der Waals surface area contributed by atoms with E-state index < -0.39 is 0 Å². The number of benzene rings is 2. The average Bonchev–Trinajstić information content (AvgIpc) is 2.29. The highest BCUT2D eigenvalue weighted by Crippen LogP contribution is 2.21. The molecule has 94 valence electrons. The average molecular weight is 284 g/mol. The third kappa shape index (κ3) is 3.37. The highest BCUT2D eigenvalue weighted by Gasteiger charge is 2.03. The summed E-state index contributed by atoms with van der Waals surface area (Å²) in [5.74, 6) is -0.270. The minimum atomic E-state index is -0.270. The van der Waals surface area contributed by atoms with Crippen molar-refractivity contribution in [1.29, 1.82) is 0 Å². The Hall–Kier alpha value is -1.25. The molecule has 0 aliphatic carbocycles. The predicted octanol–water partition coefficient (Wildman–Crippen LogP) is 5.05. The van der Waals surface area contributed by atoms with Crippen molar-refractivity contribution in [2.45, 2.75) is 13.5 Å². The Morgan fingerprint density at radius 3 is 2.39 bits per heavy atom. The molecule has 0 saturated carbocycles. The molecule has 1 nitrogen and oxygen atoms in total. The Morgan fingerprint density at radius 2 is 1.72 bits per heavy atom. The molecule has 1 N–H and O–H groups in total. The second-order valence-electron chi connectivity index (χ2n) is 4.11. The van der Waals surface area contributed by atoms with E-state index in [-0.39, 0.29) is 5.82 Å². The van der Waals surface area contributed by atoms with Gasteiger partial charge in [-0.3, -0.25) is 0 Å². The van der Waals surface area contributed by atoms with Crippen LogP contribution >= 0.6 is 23.2 Å². The van der Waals surface area contributed by atoms with Crippen molar-refractivity contribution in [2.75, 3.05) is 5.32 Å². The number of anilines is 1. The lowest BCUT2D eigenvalue weighted by Gasteiger charge is -2.09. The van der Waals surface area contributed by atoms with Crippen LogP contribution in [0.4, 0.5) is 10.1 Å². The van der Waals surface area contributed by atoms with E-state index in [4.69, 9.17) is 23.2 Å². The maximum absolute atomic E-state index is 13.5. The first-order valence-corrected chi connectivity index (χ1v) is 6.25. The minimum Gasteiger partial charge on any atom is -0.379 e. The van der Waals surface area contributed by atoms with Crippen molar-refractivity contribution in [3.8, 4) is 0 Å². The second-order valence-corrected chi connectivity index (χ2v) is 4.99. The zero-order chi connectivity index (χ0) is 13.1. The van der Waals surface area contributed by atoms with Crippen LogP contribution in [0.5, 0.6) is 0 Å². The topological polar surface area (TPSA) is 12.0 Å². The van der Waals surface area contributed by atoms with Crippen LogP contribution in [-0.4, -0.2) is 0 Å². The number of aryl methyl sites for hydroxylation is 1. The smallest absolute Gasteiger partial charge is 0.146 e. The first kappa shape index (κ1) is 13.2. The van der Waals surface area contributed by atoms with Gasteiger partial charge in [0.25, 0.3) is 0 Å². The number of nitrogens with one attached hydrogen (secondary N) is 1. The summed E-state index contributed by atoms with van der Waals surface area (Å²) in [5.41, 5.74) is 2.39. The number of hydrogen-bond acceptors (Lipinski definition) is 1. The van der Waals surface area contributed by atoms with Gasteiger partial charge in [0.1, 0.15) is 5.82 Å². The molecule has 0 fully saturated rings. The van der Waals surface area contributed by atoms with E-state index in [1.54, 1.807) is 30.3 Å². The fraction of sp³-hybridized carbons (Fsp3) is 0.143. The Morgan fingerprint density at radius 1 is 1.06 bits per heavy atom. The zero-order valence-corrected chi connectivity index (χ0v) is 11.3. The highest BCUT2D eigenvalue weighted by molar-refractivity contribution is 6.34. The molecule has 2 rings (SSSR count). The quantitative estimate of drug-likeness (QED) is 0.831.